The molecule has 268 valence electrons. The van der Waals surface area contributed by atoms with Crippen molar-refractivity contribution in [3.8, 4) is 6.07 Å². The van der Waals surface area contributed by atoms with Crippen LogP contribution in [-0.4, -0.2) is 43.9 Å². The lowest BCUT2D eigenvalue weighted by Gasteiger charge is -2.16. The number of hydrogen-bond acceptors (Lipinski definition) is 9. The molecular weight excluding hydrogens is 632 g/mol. The minimum absolute atomic E-state index is 0.0678. The van der Waals surface area contributed by atoms with E-state index in [4.69, 9.17) is 29.9 Å². The van der Waals surface area contributed by atoms with E-state index in [9.17, 15) is 9.28 Å². The average molecular weight is 690 g/mol. The topological polar surface area (TPSA) is 148 Å². The molecule has 0 spiro atoms. The molecule has 1 aliphatic rings. The number of nitrogens with zero attached hydrogens (tertiary/aromatic N) is 4. The fourth-order valence-electron chi connectivity index (χ4n) is 5.52. The molecule has 2 aromatic heterocycles. The maximum Gasteiger partial charge on any atom is 0.329 e. The Morgan fingerprint density at radius 2 is 1.62 bits per heavy atom. The van der Waals surface area contributed by atoms with Gasteiger partial charge in [0, 0.05) is 0 Å². The maximum absolute atomic E-state index is 12.5. The number of aromatic nitrogens is 3. The van der Waals surface area contributed by atoms with E-state index in [1.54, 1.807) is 10.6 Å². The van der Waals surface area contributed by atoms with Crippen molar-refractivity contribution in [1.29, 1.82) is 5.26 Å². The molecule has 1 fully saturated rings. The second-order valence-corrected chi connectivity index (χ2v) is 12.7. The van der Waals surface area contributed by atoms with Crippen molar-refractivity contribution in [3.63, 3.8) is 0 Å². The first-order valence-electron chi connectivity index (χ1n) is 17.7. The summed E-state index contributed by atoms with van der Waals surface area (Å²) in [7, 11) is -1.85. The van der Waals surface area contributed by atoms with Crippen molar-refractivity contribution < 1.29 is 28.2 Å². The number of anilines is 1. The van der Waals surface area contributed by atoms with E-state index in [0.717, 1.165) is 43.0 Å². The van der Waals surface area contributed by atoms with Crippen LogP contribution < -0.4 is 5.73 Å². The van der Waals surface area contributed by atoms with Crippen LogP contribution in [0, 0.1) is 17.1 Å². The molecular formula is C36H57FN5O5P. The summed E-state index contributed by atoms with van der Waals surface area (Å²) in [5.41, 5.74) is 8.31. The summed E-state index contributed by atoms with van der Waals surface area (Å²) in [6.45, 7) is 6.90. The van der Waals surface area contributed by atoms with Crippen LogP contribution in [0.4, 0.5) is 10.2 Å². The lowest BCUT2D eigenvalue weighted by Crippen LogP contribution is -2.14. The van der Waals surface area contributed by atoms with Crippen LogP contribution in [0.25, 0.3) is 5.52 Å². The lowest BCUT2D eigenvalue weighted by atomic mass is 10.0. The Balaban J connectivity index is 0.000000517. The predicted molar refractivity (Wildman–Crippen MR) is 189 cm³/mol. The van der Waals surface area contributed by atoms with Gasteiger partial charge >= 0.3 is 8.60 Å². The average Bonchev–Trinajstić information content (AvgIpc) is 3.76. The highest BCUT2D eigenvalue weighted by atomic mass is 31.2. The molecule has 4 N–H and O–H groups in total. The third kappa shape index (κ3) is 15.7. The molecule has 0 radical (unpaired) electrons. The third-order valence-corrected chi connectivity index (χ3v) is 8.81. The summed E-state index contributed by atoms with van der Waals surface area (Å²) in [5.74, 6) is -0.0381. The van der Waals surface area contributed by atoms with Crippen molar-refractivity contribution in [2.75, 3.05) is 18.9 Å². The van der Waals surface area contributed by atoms with Crippen molar-refractivity contribution in [2.24, 2.45) is 0 Å². The molecule has 0 amide bonds. The molecule has 0 aliphatic carbocycles. The van der Waals surface area contributed by atoms with Crippen LogP contribution in [0.1, 0.15) is 140 Å². The van der Waals surface area contributed by atoms with Gasteiger partial charge < -0.3 is 29.5 Å². The van der Waals surface area contributed by atoms with Gasteiger partial charge in [0.15, 0.2) is 5.82 Å². The van der Waals surface area contributed by atoms with Gasteiger partial charge in [-0.15, -0.1) is 0 Å². The van der Waals surface area contributed by atoms with Gasteiger partial charge in [0.05, 0.1) is 43.3 Å². The van der Waals surface area contributed by atoms with Crippen LogP contribution in [0.2, 0.25) is 0 Å². The summed E-state index contributed by atoms with van der Waals surface area (Å²) < 4.78 is 31.5. The van der Waals surface area contributed by atoms with Crippen LogP contribution in [0.3, 0.4) is 0 Å². The predicted octanol–water partition coefficient (Wildman–Crippen LogP) is 9.09. The zero-order chi connectivity index (χ0) is 35.0. The Bertz CT molecular complexity index is 1320. The van der Waals surface area contributed by atoms with E-state index in [1.165, 1.54) is 89.1 Å². The van der Waals surface area contributed by atoms with E-state index in [0.29, 0.717) is 24.6 Å². The van der Waals surface area contributed by atoms with E-state index in [-0.39, 0.29) is 24.4 Å². The summed E-state index contributed by atoms with van der Waals surface area (Å²) >= 11 is 0. The van der Waals surface area contributed by atoms with E-state index in [2.05, 4.69) is 17.0 Å². The first-order chi connectivity index (χ1) is 23.4. The number of fused-ring (bicyclic) bond motifs is 1. The molecule has 3 unspecified atom stereocenters. The van der Waals surface area contributed by atoms with Gasteiger partial charge in [0.1, 0.15) is 23.8 Å². The smallest absolute Gasteiger partial charge is 0.329 e. The minimum Gasteiger partial charge on any atom is -0.392 e. The number of benzene rings is 1. The fourth-order valence-corrected chi connectivity index (χ4v) is 6.17. The molecule has 0 bridgehead atoms. The number of unbranched alkanes of at least 4 members (excludes halogenated alkanes) is 12. The van der Waals surface area contributed by atoms with E-state index < -0.39 is 14.4 Å². The van der Waals surface area contributed by atoms with Gasteiger partial charge in [-0.3, -0.25) is 0 Å². The Labute approximate surface area is 287 Å². The molecule has 48 heavy (non-hydrogen) atoms. The van der Waals surface area contributed by atoms with Crippen molar-refractivity contribution >= 4 is 19.9 Å². The molecule has 3 aromatic rings. The molecule has 1 aliphatic heterocycles. The summed E-state index contributed by atoms with van der Waals surface area (Å²) in [5, 5.41) is 21.3. The van der Waals surface area contributed by atoms with Gasteiger partial charge in [-0.05, 0) is 55.2 Å². The first-order valence-corrected chi connectivity index (χ1v) is 18.9. The highest BCUT2D eigenvalue weighted by molar-refractivity contribution is 7.40. The molecule has 1 aromatic carbocycles. The number of halogens is 1. The first kappa shape index (κ1) is 41.5. The Morgan fingerprint density at radius 1 is 0.979 bits per heavy atom. The number of aliphatic hydroxyl groups excluding tert-OH is 1. The number of hydrogen-bond donors (Lipinski definition) is 3. The highest BCUT2D eigenvalue weighted by Gasteiger charge is 2.30. The monoisotopic (exact) mass is 689 g/mol. The molecule has 0 saturated carbocycles. The summed E-state index contributed by atoms with van der Waals surface area (Å²) in [6, 6.07) is 9.45. The van der Waals surface area contributed by atoms with Crippen LogP contribution in [-0.2, 0) is 20.4 Å². The fraction of sp³-hybridized carbons (Fsp3) is 0.639. The Hall–Kier alpha value is -2.71. The maximum atomic E-state index is 12.5. The van der Waals surface area contributed by atoms with Crippen molar-refractivity contribution in [3.05, 3.63) is 59.3 Å². The lowest BCUT2D eigenvalue weighted by molar-refractivity contribution is 0.0103. The Kier molecular flexibility index (Phi) is 21.8. The summed E-state index contributed by atoms with van der Waals surface area (Å²) in [6.07, 6.45) is 20.1. The van der Waals surface area contributed by atoms with Gasteiger partial charge in [0.2, 0.25) is 0 Å². The highest BCUT2D eigenvalue weighted by Crippen LogP contribution is 2.38. The molecule has 1 saturated heterocycles. The molecule has 10 nitrogen and oxygen atoms in total. The molecule has 3 heterocycles. The van der Waals surface area contributed by atoms with E-state index in [1.807, 2.05) is 26.0 Å². The molecule has 12 heteroatoms. The minimum atomic E-state index is -1.85. The Morgan fingerprint density at radius 3 is 2.25 bits per heavy atom. The number of nitrogens with two attached hydrogens (primary N) is 1. The zero-order valence-corrected chi connectivity index (χ0v) is 30.1. The van der Waals surface area contributed by atoms with Gasteiger partial charge in [-0.1, -0.05) is 97.8 Å². The van der Waals surface area contributed by atoms with Gasteiger partial charge in [-0.25, -0.2) is 13.9 Å². The van der Waals surface area contributed by atoms with E-state index >= 15 is 0 Å². The number of rotatable bonds is 20. The SMILES string of the molecule is CC.CCCCCCCCCCCCCCCOP(O)OCC1CCC(c2ccc3c(N)ncnn23)O1.N#Cc1cc(F)cc(CO)c1. The van der Waals surface area contributed by atoms with Crippen molar-refractivity contribution in [2.45, 2.75) is 136 Å². The standard InChI is InChI=1S/C26H45N4O4P.C8H6FNO.C2H6/c1-2-3-4-5-6-7-8-9-10-11-12-13-14-19-32-35(31)33-20-22-15-18-25(34-22)23-16-17-24-26(27)28-21-29-30(23)24;9-8-2-6(4-10)1-7(3-8)5-11;1-2/h16-17,21-22,25,31H,2-15,18-20H2,1H3,(H2,27,28,29);1-3,11H,5H2;1-2H3. The zero-order valence-electron chi connectivity index (χ0n) is 29.2. The second-order valence-electron chi connectivity index (χ2n) is 11.8. The number of nitriles is 1. The van der Waals surface area contributed by atoms with Crippen molar-refractivity contribution in [1.82, 2.24) is 14.6 Å². The molecule has 4 rings (SSSR count). The van der Waals surface area contributed by atoms with Gasteiger partial charge in [-0.2, -0.15) is 10.4 Å². The quantitative estimate of drug-likeness (QED) is 0.0780. The molecule has 3 atom stereocenters. The normalized spacial score (nSPS) is 16.1. The largest absolute Gasteiger partial charge is 0.392 e. The second kappa shape index (κ2) is 25.3. The number of ether oxygens (including phenoxy) is 1. The third-order valence-electron chi connectivity index (χ3n) is 8.04. The van der Waals surface area contributed by atoms with Crippen LogP contribution in [0.15, 0.2) is 36.7 Å². The van der Waals surface area contributed by atoms with Crippen LogP contribution in [0.5, 0.6) is 0 Å². The summed E-state index contributed by atoms with van der Waals surface area (Å²) in [4.78, 5) is 14.1. The number of aliphatic hydroxyl groups is 1. The van der Waals surface area contributed by atoms with Gasteiger partial charge in [0.25, 0.3) is 0 Å². The number of nitrogen functional groups attached to an aromatic ring is 1. The van der Waals surface area contributed by atoms with Crippen LogP contribution >= 0.6 is 8.60 Å².